The molecule has 1 aromatic heterocycles. The molecule has 1 saturated heterocycles. The Hall–Kier alpha value is -1.44. The number of ether oxygens (including phenoxy) is 2. The number of morpholine rings is 1. The quantitative estimate of drug-likeness (QED) is 0.651. The third-order valence-corrected chi connectivity index (χ3v) is 2.68. The maximum atomic E-state index is 10.5. The van der Waals surface area contributed by atoms with Gasteiger partial charge in [0.1, 0.15) is 23.9 Å². The van der Waals surface area contributed by atoms with Gasteiger partial charge in [-0.3, -0.25) is 10.1 Å². The zero-order chi connectivity index (χ0) is 13.0. The fourth-order valence-electron chi connectivity index (χ4n) is 1.52. The minimum Gasteiger partial charge on any atom is -0.474 e. The number of hydrogen-bond acceptors (Lipinski definition) is 6. The van der Waals surface area contributed by atoms with Gasteiger partial charge in [0.2, 0.25) is 5.88 Å². The summed E-state index contributed by atoms with van der Waals surface area (Å²) in [6.45, 7) is 2.46. The topological polar surface area (TPSA) is 86.5 Å². The molecule has 2 heterocycles. The van der Waals surface area contributed by atoms with Crippen molar-refractivity contribution < 1.29 is 14.4 Å². The first kappa shape index (κ1) is 13.0. The molecule has 1 N–H and O–H groups in total. The van der Waals surface area contributed by atoms with Gasteiger partial charge >= 0.3 is 0 Å². The number of nitro groups is 1. The van der Waals surface area contributed by atoms with Crippen molar-refractivity contribution in [1.82, 2.24) is 10.3 Å². The van der Waals surface area contributed by atoms with Crippen LogP contribution in [0.3, 0.4) is 0 Å². The predicted octanol–water partition coefficient (Wildman–Crippen LogP) is 1.01. The average Bonchev–Trinajstić information content (AvgIpc) is 2.38. The summed E-state index contributed by atoms with van der Waals surface area (Å²) in [7, 11) is 0. The van der Waals surface area contributed by atoms with E-state index in [1.165, 1.54) is 6.07 Å². The molecule has 0 radical (unpaired) electrons. The van der Waals surface area contributed by atoms with Gasteiger partial charge in [0, 0.05) is 19.2 Å². The molecule has 1 fully saturated rings. The normalized spacial score (nSPS) is 19.5. The van der Waals surface area contributed by atoms with E-state index >= 15 is 0 Å². The van der Waals surface area contributed by atoms with Crippen LogP contribution in [0.15, 0.2) is 12.3 Å². The molecule has 8 heteroatoms. The molecule has 1 atom stereocenters. The molecule has 0 aliphatic carbocycles. The Morgan fingerprint density at radius 1 is 1.72 bits per heavy atom. The van der Waals surface area contributed by atoms with Gasteiger partial charge in [-0.2, -0.15) is 0 Å². The molecular weight excluding hydrogens is 262 g/mol. The third-order valence-electron chi connectivity index (χ3n) is 2.41. The Balaban J connectivity index is 1.94. The minimum atomic E-state index is -0.559. The van der Waals surface area contributed by atoms with Gasteiger partial charge in [-0.1, -0.05) is 11.6 Å². The summed E-state index contributed by atoms with van der Waals surface area (Å²) < 4.78 is 10.8. The lowest BCUT2D eigenvalue weighted by molar-refractivity contribution is -0.385. The summed E-state index contributed by atoms with van der Waals surface area (Å²) in [5, 5.41) is 13.8. The first-order chi connectivity index (χ1) is 8.66. The van der Waals surface area contributed by atoms with Crippen LogP contribution in [0, 0.1) is 10.1 Å². The first-order valence-corrected chi connectivity index (χ1v) is 5.79. The van der Waals surface area contributed by atoms with Crippen molar-refractivity contribution in [3.05, 3.63) is 27.4 Å². The van der Waals surface area contributed by atoms with Crippen LogP contribution in [0.1, 0.15) is 0 Å². The molecule has 1 unspecified atom stereocenters. The Morgan fingerprint density at radius 2 is 2.56 bits per heavy atom. The van der Waals surface area contributed by atoms with Gasteiger partial charge < -0.3 is 14.8 Å². The van der Waals surface area contributed by atoms with Crippen LogP contribution in [-0.4, -0.2) is 42.3 Å². The fourth-order valence-corrected chi connectivity index (χ4v) is 1.74. The van der Waals surface area contributed by atoms with Crippen LogP contribution in [0.5, 0.6) is 5.88 Å². The van der Waals surface area contributed by atoms with Crippen molar-refractivity contribution >= 4 is 17.3 Å². The van der Waals surface area contributed by atoms with E-state index in [1.807, 2.05) is 0 Å². The van der Waals surface area contributed by atoms with E-state index < -0.39 is 4.92 Å². The summed E-state index contributed by atoms with van der Waals surface area (Å²) in [6, 6.07) is 1.21. The smallest absolute Gasteiger partial charge is 0.289 e. The van der Waals surface area contributed by atoms with E-state index in [0.717, 1.165) is 12.7 Å². The zero-order valence-corrected chi connectivity index (χ0v) is 10.2. The van der Waals surface area contributed by atoms with E-state index in [0.29, 0.717) is 19.8 Å². The largest absolute Gasteiger partial charge is 0.474 e. The molecular formula is C10H12ClN3O4. The predicted molar refractivity (Wildman–Crippen MR) is 64.0 cm³/mol. The summed E-state index contributed by atoms with van der Waals surface area (Å²) >= 11 is 5.84. The van der Waals surface area contributed by atoms with Crippen LogP contribution in [0.4, 0.5) is 5.69 Å². The number of nitrogens with one attached hydrogen (secondary N) is 1. The lowest BCUT2D eigenvalue weighted by Crippen LogP contribution is -2.41. The molecule has 18 heavy (non-hydrogen) atoms. The second-order valence-corrected chi connectivity index (χ2v) is 4.15. The number of nitrogens with zero attached hydrogens (tertiary/aromatic N) is 2. The number of halogens is 1. The van der Waals surface area contributed by atoms with Gasteiger partial charge in [-0.25, -0.2) is 4.98 Å². The van der Waals surface area contributed by atoms with Crippen molar-refractivity contribution in [3.8, 4) is 5.88 Å². The van der Waals surface area contributed by atoms with E-state index in [2.05, 4.69) is 10.3 Å². The molecule has 98 valence electrons. The van der Waals surface area contributed by atoms with Gasteiger partial charge in [-0.05, 0) is 0 Å². The molecule has 0 aromatic carbocycles. The van der Waals surface area contributed by atoms with Gasteiger partial charge in [0.05, 0.1) is 11.5 Å². The summed E-state index contributed by atoms with van der Waals surface area (Å²) in [4.78, 5) is 13.8. The van der Waals surface area contributed by atoms with Crippen LogP contribution in [0.2, 0.25) is 5.02 Å². The third kappa shape index (κ3) is 3.28. The van der Waals surface area contributed by atoms with Gasteiger partial charge in [-0.15, -0.1) is 0 Å². The Kier molecular flexibility index (Phi) is 4.29. The number of aromatic nitrogens is 1. The van der Waals surface area contributed by atoms with E-state index in [4.69, 9.17) is 21.1 Å². The van der Waals surface area contributed by atoms with Crippen molar-refractivity contribution in [2.45, 2.75) is 6.10 Å². The fraction of sp³-hybridized carbons (Fsp3) is 0.500. The van der Waals surface area contributed by atoms with E-state index in [1.54, 1.807) is 0 Å². The Bertz CT molecular complexity index is 437. The van der Waals surface area contributed by atoms with Gasteiger partial charge in [0.25, 0.3) is 5.69 Å². The number of pyridine rings is 1. The Labute approximate surface area is 108 Å². The molecule has 0 saturated carbocycles. The lowest BCUT2D eigenvalue weighted by atomic mass is 10.3. The van der Waals surface area contributed by atoms with Crippen LogP contribution in [-0.2, 0) is 4.74 Å². The highest BCUT2D eigenvalue weighted by Crippen LogP contribution is 2.25. The summed E-state index contributed by atoms with van der Waals surface area (Å²) in [6.07, 6.45) is 1.05. The SMILES string of the molecule is O=[N+]([O-])c1cnc(OCC2CNCCO2)c(Cl)c1. The second kappa shape index (κ2) is 5.94. The van der Waals surface area contributed by atoms with Crippen LogP contribution >= 0.6 is 11.6 Å². The molecule has 0 spiro atoms. The highest BCUT2D eigenvalue weighted by Gasteiger charge is 2.16. The number of rotatable bonds is 4. The number of hydrogen-bond donors (Lipinski definition) is 1. The molecule has 7 nitrogen and oxygen atoms in total. The van der Waals surface area contributed by atoms with E-state index in [-0.39, 0.29) is 22.7 Å². The second-order valence-electron chi connectivity index (χ2n) is 3.75. The molecule has 1 aliphatic heterocycles. The molecule has 0 amide bonds. The lowest BCUT2D eigenvalue weighted by Gasteiger charge is -2.23. The van der Waals surface area contributed by atoms with Gasteiger partial charge in [0.15, 0.2) is 0 Å². The van der Waals surface area contributed by atoms with Crippen molar-refractivity contribution in [2.24, 2.45) is 0 Å². The van der Waals surface area contributed by atoms with Crippen molar-refractivity contribution in [2.75, 3.05) is 26.3 Å². The average molecular weight is 274 g/mol. The van der Waals surface area contributed by atoms with Crippen LogP contribution in [0.25, 0.3) is 0 Å². The molecule has 1 aliphatic rings. The maximum Gasteiger partial charge on any atom is 0.289 e. The Morgan fingerprint density at radius 3 is 3.17 bits per heavy atom. The van der Waals surface area contributed by atoms with Crippen molar-refractivity contribution in [3.63, 3.8) is 0 Å². The molecule has 0 bridgehead atoms. The highest BCUT2D eigenvalue weighted by atomic mass is 35.5. The zero-order valence-electron chi connectivity index (χ0n) is 9.47. The van der Waals surface area contributed by atoms with Crippen LogP contribution < -0.4 is 10.1 Å². The molecule has 2 rings (SSSR count). The maximum absolute atomic E-state index is 10.5. The monoisotopic (exact) mass is 273 g/mol. The highest BCUT2D eigenvalue weighted by molar-refractivity contribution is 6.32. The van der Waals surface area contributed by atoms with E-state index in [9.17, 15) is 10.1 Å². The van der Waals surface area contributed by atoms with Crippen molar-refractivity contribution in [1.29, 1.82) is 0 Å². The summed E-state index contributed by atoms with van der Waals surface area (Å²) in [5.74, 6) is 0.177. The first-order valence-electron chi connectivity index (χ1n) is 5.42. The standard InChI is InChI=1S/C10H12ClN3O4/c11-9-3-7(14(15)16)4-13-10(9)18-6-8-5-12-1-2-17-8/h3-4,8,12H,1-2,5-6H2. The summed E-state index contributed by atoms with van der Waals surface area (Å²) in [5.41, 5.74) is -0.164. The minimum absolute atomic E-state index is 0.0631. The molecule has 1 aromatic rings.